The molecule has 0 fully saturated rings. The van der Waals surface area contributed by atoms with Gasteiger partial charge >= 0.3 is 0 Å². The molecule has 0 spiro atoms. The third-order valence-corrected chi connectivity index (χ3v) is 5.82. The van der Waals surface area contributed by atoms with Crippen molar-refractivity contribution in [2.75, 3.05) is 18.5 Å². The zero-order chi connectivity index (χ0) is 14.8. The largest absolute Gasteiger partial charge is 0.399 e. The molecule has 1 aromatic heterocycles. The maximum Gasteiger partial charge on any atom is 0.263 e. The first-order valence-electron chi connectivity index (χ1n) is 6.92. The quantitative estimate of drug-likeness (QED) is 0.882. The Kier molecular flexibility index (Phi) is 4.22. The summed E-state index contributed by atoms with van der Waals surface area (Å²) in [5.41, 5.74) is 8.87. The highest BCUT2D eigenvalue weighted by atomic mass is 32.2. The Morgan fingerprint density at radius 1 is 1.33 bits per heavy atom. The highest BCUT2D eigenvalue weighted by Gasteiger charge is 2.19. The Hall–Kier alpha value is -1.46. The van der Waals surface area contributed by atoms with Gasteiger partial charge in [-0.3, -0.25) is 4.79 Å². The number of benzene rings is 1. The number of thioether (sulfide) groups is 1. The van der Waals surface area contributed by atoms with E-state index in [4.69, 9.17) is 5.73 Å². The smallest absolute Gasteiger partial charge is 0.263 e. The van der Waals surface area contributed by atoms with Crippen LogP contribution in [0.4, 0.5) is 5.69 Å². The molecule has 1 aliphatic heterocycles. The second-order valence-corrected chi connectivity index (χ2v) is 7.51. The van der Waals surface area contributed by atoms with Crippen LogP contribution in [0.3, 0.4) is 0 Å². The maximum absolute atomic E-state index is 12.5. The topological polar surface area (TPSA) is 46.3 Å². The van der Waals surface area contributed by atoms with Crippen LogP contribution in [0.1, 0.15) is 25.7 Å². The van der Waals surface area contributed by atoms with Gasteiger partial charge in [-0.15, -0.1) is 11.3 Å². The third-order valence-electron chi connectivity index (χ3n) is 3.58. The first kappa shape index (κ1) is 14.5. The molecule has 2 aromatic rings. The molecular weight excluding hydrogens is 300 g/mol. The molecule has 2 heterocycles. The summed E-state index contributed by atoms with van der Waals surface area (Å²) in [5, 5.41) is 0. The van der Waals surface area contributed by atoms with E-state index in [1.165, 1.54) is 16.2 Å². The fourth-order valence-electron chi connectivity index (χ4n) is 2.41. The average Bonchev–Trinajstić information content (AvgIpc) is 2.92. The number of anilines is 1. The molecule has 0 unspecified atom stereocenters. The third kappa shape index (κ3) is 3.24. The van der Waals surface area contributed by atoms with E-state index >= 15 is 0 Å². The van der Waals surface area contributed by atoms with Crippen molar-refractivity contribution in [2.45, 2.75) is 18.7 Å². The lowest BCUT2D eigenvalue weighted by molar-refractivity contribution is 0.0790. The van der Waals surface area contributed by atoms with Gasteiger partial charge in [0.05, 0.1) is 4.88 Å². The van der Waals surface area contributed by atoms with E-state index in [1.807, 2.05) is 43.1 Å². The molecule has 1 amide bonds. The van der Waals surface area contributed by atoms with Crippen molar-refractivity contribution in [3.63, 3.8) is 0 Å². The molecule has 0 saturated carbocycles. The molecule has 110 valence electrons. The maximum atomic E-state index is 12.5. The van der Waals surface area contributed by atoms with Crippen LogP contribution in [0, 0.1) is 0 Å². The van der Waals surface area contributed by atoms with Gasteiger partial charge in [0.1, 0.15) is 0 Å². The number of nitrogen functional groups attached to an aromatic ring is 1. The number of hydrogen-bond donors (Lipinski definition) is 1. The van der Waals surface area contributed by atoms with Crippen molar-refractivity contribution < 1.29 is 4.79 Å². The van der Waals surface area contributed by atoms with E-state index in [0.717, 1.165) is 28.3 Å². The predicted octanol–water partition coefficient (Wildman–Crippen LogP) is 3.39. The van der Waals surface area contributed by atoms with Crippen molar-refractivity contribution in [3.8, 4) is 0 Å². The first-order chi connectivity index (χ1) is 10.1. The molecule has 5 heteroatoms. The Morgan fingerprint density at radius 2 is 2.10 bits per heavy atom. The molecule has 0 aliphatic carbocycles. The molecule has 0 radical (unpaired) electrons. The van der Waals surface area contributed by atoms with Gasteiger partial charge in [-0.25, -0.2) is 0 Å². The van der Waals surface area contributed by atoms with Crippen LogP contribution in [0.25, 0.3) is 0 Å². The van der Waals surface area contributed by atoms with E-state index in [0.29, 0.717) is 6.54 Å². The van der Waals surface area contributed by atoms with Crippen LogP contribution in [-0.2, 0) is 18.7 Å². The minimum Gasteiger partial charge on any atom is -0.399 e. The van der Waals surface area contributed by atoms with Crippen molar-refractivity contribution in [1.82, 2.24) is 4.90 Å². The summed E-state index contributed by atoms with van der Waals surface area (Å²) >= 11 is 3.61. The van der Waals surface area contributed by atoms with E-state index in [1.54, 1.807) is 16.2 Å². The first-order valence-corrected chi connectivity index (χ1v) is 8.90. The van der Waals surface area contributed by atoms with Crippen LogP contribution >= 0.6 is 23.1 Å². The van der Waals surface area contributed by atoms with Crippen molar-refractivity contribution in [3.05, 3.63) is 51.2 Å². The van der Waals surface area contributed by atoms with Gasteiger partial charge in [-0.1, -0.05) is 12.1 Å². The van der Waals surface area contributed by atoms with Crippen LogP contribution in [-0.4, -0.2) is 23.6 Å². The average molecular weight is 318 g/mol. The minimum absolute atomic E-state index is 0.108. The molecule has 3 nitrogen and oxygen atoms in total. The summed E-state index contributed by atoms with van der Waals surface area (Å²) in [7, 11) is 1.85. The lowest BCUT2D eigenvalue weighted by Crippen LogP contribution is -2.25. The Morgan fingerprint density at radius 3 is 2.81 bits per heavy atom. The Bertz CT molecular complexity index is 625. The van der Waals surface area contributed by atoms with Gasteiger partial charge in [0, 0.05) is 29.9 Å². The zero-order valence-electron chi connectivity index (χ0n) is 12.0. The van der Waals surface area contributed by atoms with Gasteiger partial charge in [0.2, 0.25) is 0 Å². The molecule has 1 aromatic carbocycles. The number of aryl methyl sites for hydroxylation is 1. The number of rotatable bonds is 3. The molecule has 3 rings (SSSR count). The molecule has 0 atom stereocenters. The van der Waals surface area contributed by atoms with Gasteiger partial charge in [0.25, 0.3) is 5.91 Å². The zero-order valence-corrected chi connectivity index (χ0v) is 13.6. The summed E-state index contributed by atoms with van der Waals surface area (Å²) in [6, 6.07) is 9.75. The van der Waals surface area contributed by atoms with Gasteiger partial charge in [-0.05, 0) is 41.5 Å². The lowest BCUT2D eigenvalue weighted by atomic mass is 10.2. The van der Waals surface area contributed by atoms with E-state index in [-0.39, 0.29) is 5.91 Å². The number of fused-ring (bicyclic) bond motifs is 1. The molecule has 0 saturated heterocycles. The fourth-order valence-corrected chi connectivity index (χ4v) is 4.78. The van der Waals surface area contributed by atoms with Crippen molar-refractivity contribution >= 4 is 34.7 Å². The summed E-state index contributed by atoms with van der Waals surface area (Å²) in [4.78, 5) is 16.6. The SMILES string of the molecule is CN(Cc1ccc(N)cc1)C(=O)c1cc2c(s1)CCSC2. The summed E-state index contributed by atoms with van der Waals surface area (Å²) in [6.07, 6.45) is 1.10. The number of hydrogen-bond acceptors (Lipinski definition) is 4. The molecule has 1 aliphatic rings. The second-order valence-electron chi connectivity index (χ2n) is 5.26. The van der Waals surface area contributed by atoms with Crippen LogP contribution in [0.5, 0.6) is 0 Å². The standard InChI is InChI=1S/C16H18N2OS2/c1-18(9-11-2-4-13(17)5-3-11)16(19)15-8-12-10-20-7-6-14(12)21-15/h2-5,8H,6-7,9-10,17H2,1H3. The van der Waals surface area contributed by atoms with E-state index in [9.17, 15) is 4.79 Å². The number of carbonyl (C=O) groups excluding carboxylic acids is 1. The van der Waals surface area contributed by atoms with Crippen LogP contribution in [0.2, 0.25) is 0 Å². The van der Waals surface area contributed by atoms with Crippen molar-refractivity contribution in [2.24, 2.45) is 0 Å². The number of carbonyl (C=O) groups is 1. The normalized spacial score (nSPS) is 13.8. The van der Waals surface area contributed by atoms with Gasteiger partial charge in [-0.2, -0.15) is 11.8 Å². The fraction of sp³-hybridized carbons (Fsp3) is 0.312. The highest BCUT2D eigenvalue weighted by molar-refractivity contribution is 7.98. The second kappa shape index (κ2) is 6.12. The monoisotopic (exact) mass is 318 g/mol. The Balaban J connectivity index is 1.72. The Labute approximate surface area is 133 Å². The van der Waals surface area contributed by atoms with Crippen LogP contribution < -0.4 is 5.73 Å². The van der Waals surface area contributed by atoms with E-state index in [2.05, 4.69) is 6.07 Å². The van der Waals surface area contributed by atoms with Gasteiger partial charge < -0.3 is 10.6 Å². The minimum atomic E-state index is 0.108. The van der Waals surface area contributed by atoms with Gasteiger partial charge in [0.15, 0.2) is 0 Å². The number of nitrogens with two attached hydrogens (primary N) is 1. The summed E-state index contributed by atoms with van der Waals surface area (Å²) in [6.45, 7) is 0.608. The predicted molar refractivity (Wildman–Crippen MR) is 90.8 cm³/mol. The molecule has 21 heavy (non-hydrogen) atoms. The summed E-state index contributed by atoms with van der Waals surface area (Å²) < 4.78 is 0. The van der Waals surface area contributed by atoms with E-state index < -0.39 is 0 Å². The highest BCUT2D eigenvalue weighted by Crippen LogP contribution is 2.32. The number of thiophene rings is 1. The lowest BCUT2D eigenvalue weighted by Gasteiger charge is -2.16. The number of nitrogens with zero attached hydrogens (tertiary/aromatic N) is 1. The molecular formula is C16H18N2OS2. The van der Waals surface area contributed by atoms with Crippen molar-refractivity contribution in [1.29, 1.82) is 0 Å². The molecule has 2 N–H and O–H groups in total. The molecule has 0 bridgehead atoms. The number of amides is 1. The summed E-state index contributed by atoms with van der Waals surface area (Å²) in [5.74, 6) is 2.32. The van der Waals surface area contributed by atoms with Crippen LogP contribution in [0.15, 0.2) is 30.3 Å².